The molecule has 0 fully saturated rings. The van der Waals surface area contributed by atoms with Crippen LogP contribution in [0.3, 0.4) is 0 Å². The Morgan fingerprint density at radius 2 is 2.17 bits per heavy atom. The molecule has 1 heterocycles. The molecule has 0 atom stereocenters. The van der Waals surface area contributed by atoms with Crippen molar-refractivity contribution in [2.45, 2.75) is 19.8 Å². The summed E-state index contributed by atoms with van der Waals surface area (Å²) < 4.78 is 0. The monoisotopic (exact) mass is 324 g/mol. The zero-order chi connectivity index (χ0) is 12.1. The maximum atomic E-state index is 8.86. The molecule has 3 heteroatoms. The van der Waals surface area contributed by atoms with Crippen molar-refractivity contribution >= 4 is 0 Å². The van der Waals surface area contributed by atoms with Crippen LogP contribution in [0.2, 0.25) is 0 Å². The molecule has 2 nitrogen and oxygen atoms in total. The van der Waals surface area contributed by atoms with Gasteiger partial charge in [0.05, 0.1) is 6.07 Å². The first-order chi connectivity index (χ1) is 8.33. The first-order valence-electron chi connectivity index (χ1n) is 5.70. The van der Waals surface area contributed by atoms with Gasteiger partial charge in [0.1, 0.15) is 0 Å². The minimum absolute atomic E-state index is 0. The molecule has 0 saturated heterocycles. The summed E-state index contributed by atoms with van der Waals surface area (Å²) in [6.45, 7) is 2.16. The molecule has 1 aromatic heterocycles. The van der Waals surface area contributed by atoms with Crippen molar-refractivity contribution < 1.29 is 19.5 Å². The molecular weight excluding hydrogens is 311 g/mol. The van der Waals surface area contributed by atoms with E-state index in [0.29, 0.717) is 5.56 Å². The van der Waals surface area contributed by atoms with Gasteiger partial charge in [0, 0.05) is 25.7 Å². The van der Waals surface area contributed by atoms with Crippen LogP contribution >= 0.6 is 0 Å². The van der Waals surface area contributed by atoms with Gasteiger partial charge in [-0.25, -0.2) is 0 Å². The van der Waals surface area contributed by atoms with Crippen LogP contribution < -0.4 is 0 Å². The van der Waals surface area contributed by atoms with Crippen LogP contribution in [0, 0.1) is 17.4 Å². The fraction of sp³-hybridized carbons (Fsp3) is 0.200. The van der Waals surface area contributed by atoms with Crippen molar-refractivity contribution in [1.29, 1.82) is 5.26 Å². The van der Waals surface area contributed by atoms with Crippen LogP contribution in [0.25, 0.3) is 11.3 Å². The average Bonchev–Trinajstić information content (AvgIpc) is 2.40. The minimum atomic E-state index is 0. The second-order valence-corrected chi connectivity index (χ2v) is 3.90. The SMILES string of the molecule is CCCc1ccnc(-c2[c-]ccc(C#N)c2)c1.[Rh]. The standard InChI is InChI=1S/C15H13N2.Rh/c1-2-4-12-7-8-17-15(10-12)14-6-3-5-13(9-14)11-16;/h3,5,7-10H,2,4H2,1H3;/q-1;. The Hall–Kier alpha value is -1.52. The second-order valence-electron chi connectivity index (χ2n) is 3.90. The first kappa shape index (κ1) is 14.5. The minimum Gasteiger partial charge on any atom is -0.305 e. The number of aromatic nitrogens is 1. The van der Waals surface area contributed by atoms with Gasteiger partial charge in [-0.15, -0.1) is 29.8 Å². The van der Waals surface area contributed by atoms with Gasteiger partial charge in [-0.05, 0) is 23.7 Å². The summed E-state index contributed by atoms with van der Waals surface area (Å²) >= 11 is 0. The summed E-state index contributed by atoms with van der Waals surface area (Å²) in [5, 5.41) is 8.86. The molecule has 0 aliphatic carbocycles. The van der Waals surface area contributed by atoms with Gasteiger partial charge < -0.3 is 4.98 Å². The molecule has 0 bridgehead atoms. The van der Waals surface area contributed by atoms with E-state index in [0.717, 1.165) is 24.1 Å². The van der Waals surface area contributed by atoms with Crippen molar-refractivity contribution in [2.24, 2.45) is 0 Å². The molecule has 0 aliphatic rings. The normalized spacial score (nSPS) is 9.33. The third kappa shape index (κ3) is 3.49. The van der Waals surface area contributed by atoms with E-state index in [9.17, 15) is 0 Å². The third-order valence-electron chi connectivity index (χ3n) is 2.57. The van der Waals surface area contributed by atoms with Gasteiger partial charge in [0.15, 0.2) is 0 Å². The summed E-state index contributed by atoms with van der Waals surface area (Å²) in [4.78, 5) is 4.33. The Balaban J connectivity index is 0.00000162. The maximum absolute atomic E-state index is 8.86. The van der Waals surface area contributed by atoms with Crippen LogP contribution in [0.5, 0.6) is 0 Å². The molecule has 2 aromatic rings. The van der Waals surface area contributed by atoms with Crippen molar-refractivity contribution in [2.75, 3.05) is 0 Å². The summed E-state index contributed by atoms with van der Waals surface area (Å²) in [6, 6.07) is 14.7. The smallest absolute Gasteiger partial charge is 0.0789 e. The molecule has 1 radical (unpaired) electrons. The molecule has 18 heavy (non-hydrogen) atoms. The summed E-state index contributed by atoms with van der Waals surface area (Å²) in [6.07, 6.45) is 3.98. The molecule has 0 unspecified atom stereocenters. The number of nitrogens with zero attached hydrogens (tertiary/aromatic N) is 2. The van der Waals surface area contributed by atoms with Crippen LogP contribution in [0.15, 0.2) is 36.5 Å². The first-order valence-corrected chi connectivity index (χ1v) is 5.70. The molecule has 0 aliphatic heterocycles. The average molecular weight is 324 g/mol. The topological polar surface area (TPSA) is 36.7 Å². The van der Waals surface area contributed by atoms with Crippen molar-refractivity contribution in [3.8, 4) is 17.3 Å². The number of nitriles is 1. The van der Waals surface area contributed by atoms with Crippen molar-refractivity contribution in [3.05, 3.63) is 53.7 Å². The Morgan fingerprint density at radius 1 is 1.33 bits per heavy atom. The Bertz CT molecular complexity index is 558. The second kappa shape index (κ2) is 7.04. The van der Waals surface area contributed by atoms with E-state index in [1.807, 2.05) is 18.3 Å². The molecule has 1 aromatic carbocycles. The summed E-state index contributed by atoms with van der Waals surface area (Å²) in [5.41, 5.74) is 3.67. The van der Waals surface area contributed by atoms with Crippen LogP contribution in [-0.2, 0) is 25.9 Å². The zero-order valence-corrected chi connectivity index (χ0v) is 11.7. The van der Waals surface area contributed by atoms with Crippen LogP contribution in [0.4, 0.5) is 0 Å². The van der Waals surface area contributed by atoms with Gasteiger partial charge in [0.2, 0.25) is 0 Å². The van der Waals surface area contributed by atoms with E-state index in [1.165, 1.54) is 5.56 Å². The number of hydrogen-bond acceptors (Lipinski definition) is 2. The van der Waals surface area contributed by atoms with Crippen molar-refractivity contribution in [1.82, 2.24) is 4.98 Å². The fourth-order valence-electron chi connectivity index (χ4n) is 1.75. The van der Waals surface area contributed by atoms with E-state index in [4.69, 9.17) is 5.26 Å². The van der Waals surface area contributed by atoms with Gasteiger partial charge in [-0.2, -0.15) is 5.26 Å². The van der Waals surface area contributed by atoms with Gasteiger partial charge >= 0.3 is 0 Å². The van der Waals surface area contributed by atoms with Crippen LogP contribution in [0.1, 0.15) is 24.5 Å². The Labute approximate surface area is 120 Å². The van der Waals surface area contributed by atoms with Crippen molar-refractivity contribution in [3.63, 3.8) is 0 Å². The van der Waals surface area contributed by atoms with E-state index in [2.05, 4.69) is 30.1 Å². The molecule has 0 spiro atoms. The molecule has 2 rings (SSSR count). The Kier molecular flexibility index (Phi) is 5.69. The summed E-state index contributed by atoms with van der Waals surface area (Å²) in [5.74, 6) is 0. The number of aryl methyl sites for hydroxylation is 1. The van der Waals surface area contributed by atoms with Gasteiger partial charge in [0.25, 0.3) is 0 Å². The number of hydrogen-bond donors (Lipinski definition) is 0. The largest absolute Gasteiger partial charge is 0.305 e. The van der Waals surface area contributed by atoms with Crippen LogP contribution in [-0.4, -0.2) is 4.98 Å². The summed E-state index contributed by atoms with van der Waals surface area (Å²) in [7, 11) is 0. The zero-order valence-electron chi connectivity index (χ0n) is 10.1. The molecule has 0 amide bonds. The number of pyridine rings is 1. The van der Waals surface area contributed by atoms with E-state index in [1.54, 1.807) is 12.1 Å². The predicted octanol–water partition coefficient (Wildman–Crippen LogP) is 3.37. The molecular formula is C15H13N2Rh-. The molecule has 0 saturated carbocycles. The maximum Gasteiger partial charge on any atom is 0.0789 e. The quantitative estimate of drug-likeness (QED) is 0.641. The third-order valence-corrected chi connectivity index (χ3v) is 2.57. The number of rotatable bonds is 3. The fourth-order valence-corrected chi connectivity index (χ4v) is 1.75. The van der Waals surface area contributed by atoms with E-state index < -0.39 is 0 Å². The van der Waals surface area contributed by atoms with E-state index >= 15 is 0 Å². The predicted molar refractivity (Wildman–Crippen MR) is 67.2 cm³/mol. The van der Waals surface area contributed by atoms with Gasteiger partial charge in [-0.3, -0.25) is 0 Å². The molecule has 0 N–H and O–H groups in total. The number of benzene rings is 1. The molecule has 93 valence electrons. The van der Waals surface area contributed by atoms with E-state index in [-0.39, 0.29) is 19.5 Å². The van der Waals surface area contributed by atoms with Gasteiger partial charge in [-0.1, -0.05) is 25.0 Å². The Morgan fingerprint density at radius 3 is 2.89 bits per heavy atom.